The van der Waals surface area contributed by atoms with Crippen molar-refractivity contribution < 1.29 is 31.5 Å². The highest BCUT2D eigenvalue weighted by molar-refractivity contribution is 7.88. The molecule has 2 aromatic carbocycles. The monoisotopic (exact) mass is 398 g/mol. The minimum atomic E-state index is -3.73. The highest BCUT2D eigenvalue weighted by atomic mass is 32.2. The maximum Gasteiger partial charge on any atom is 0.239 e. The van der Waals surface area contributed by atoms with Gasteiger partial charge in [0.1, 0.15) is 11.6 Å². The number of nitrogens with zero attached hydrogens (tertiary/aromatic N) is 1. The molecule has 27 heavy (non-hydrogen) atoms. The van der Waals surface area contributed by atoms with Crippen LogP contribution in [0.1, 0.15) is 5.56 Å². The Morgan fingerprint density at radius 1 is 1.15 bits per heavy atom. The molecule has 0 aliphatic carbocycles. The quantitative estimate of drug-likeness (QED) is 0.806. The highest BCUT2D eigenvalue weighted by Gasteiger charge is 2.22. The number of carbonyl (C=O) groups excluding carboxylic acids is 1. The van der Waals surface area contributed by atoms with Crippen LogP contribution in [0.2, 0.25) is 0 Å². The number of nitrogens with one attached hydrogen (secondary N) is 1. The zero-order valence-electron chi connectivity index (χ0n) is 14.2. The SMILES string of the molecule is CS(=O)(=O)N(CC(=O)Nc1ccc(F)cc1F)Cc1ccc2c(c1)OCO2. The standard InChI is InChI=1S/C17H16F2N2O5S/c1-27(23,24)21(8-11-2-5-15-16(6-11)26-10-25-15)9-17(22)20-14-4-3-12(18)7-13(14)19/h2-7H,8-10H2,1H3,(H,20,22). The van der Waals surface area contributed by atoms with E-state index in [4.69, 9.17) is 9.47 Å². The maximum atomic E-state index is 13.6. The van der Waals surface area contributed by atoms with Crippen molar-refractivity contribution >= 4 is 21.6 Å². The molecular weight excluding hydrogens is 382 g/mol. The molecule has 3 rings (SSSR count). The Morgan fingerprint density at radius 3 is 2.59 bits per heavy atom. The lowest BCUT2D eigenvalue weighted by molar-refractivity contribution is -0.116. The number of hydrogen-bond acceptors (Lipinski definition) is 5. The molecule has 0 spiro atoms. The van der Waals surface area contributed by atoms with Crippen molar-refractivity contribution in [1.82, 2.24) is 4.31 Å². The molecule has 0 saturated carbocycles. The van der Waals surface area contributed by atoms with Crippen LogP contribution in [0.4, 0.5) is 14.5 Å². The first-order valence-corrected chi connectivity index (χ1v) is 9.66. The molecule has 1 amide bonds. The molecule has 144 valence electrons. The van der Waals surface area contributed by atoms with Gasteiger partial charge in [-0.05, 0) is 29.8 Å². The second kappa shape index (κ2) is 7.49. The minimum absolute atomic E-state index is 0.0835. The Morgan fingerprint density at radius 2 is 1.89 bits per heavy atom. The summed E-state index contributed by atoms with van der Waals surface area (Å²) in [4.78, 5) is 12.2. The summed E-state index contributed by atoms with van der Waals surface area (Å²) in [6, 6.07) is 7.59. The van der Waals surface area contributed by atoms with Crippen LogP contribution < -0.4 is 14.8 Å². The van der Waals surface area contributed by atoms with Crippen molar-refractivity contribution in [2.45, 2.75) is 6.54 Å². The average Bonchev–Trinajstić information content (AvgIpc) is 3.04. The third-order valence-corrected chi connectivity index (χ3v) is 4.99. The largest absolute Gasteiger partial charge is 0.454 e. The predicted octanol–water partition coefficient (Wildman–Crippen LogP) is 2.09. The lowest BCUT2D eigenvalue weighted by Crippen LogP contribution is -2.37. The van der Waals surface area contributed by atoms with Gasteiger partial charge in [0.05, 0.1) is 18.5 Å². The van der Waals surface area contributed by atoms with E-state index in [0.717, 1.165) is 22.7 Å². The van der Waals surface area contributed by atoms with Crippen LogP contribution in [0.3, 0.4) is 0 Å². The number of carbonyl (C=O) groups is 1. The third kappa shape index (κ3) is 4.72. The Bertz CT molecular complexity index is 981. The normalized spacial score (nSPS) is 13.0. The summed E-state index contributed by atoms with van der Waals surface area (Å²) in [6.45, 7) is -0.543. The van der Waals surface area contributed by atoms with Gasteiger partial charge >= 0.3 is 0 Å². The molecule has 0 saturated heterocycles. The van der Waals surface area contributed by atoms with Crippen molar-refractivity contribution in [3.05, 3.63) is 53.6 Å². The van der Waals surface area contributed by atoms with E-state index in [1.807, 2.05) is 0 Å². The van der Waals surface area contributed by atoms with Gasteiger partial charge in [-0.15, -0.1) is 0 Å². The van der Waals surface area contributed by atoms with Crippen molar-refractivity contribution in [2.75, 3.05) is 24.9 Å². The van der Waals surface area contributed by atoms with Gasteiger partial charge in [-0.3, -0.25) is 4.79 Å². The molecule has 7 nitrogen and oxygen atoms in total. The van der Waals surface area contributed by atoms with Gasteiger partial charge in [0, 0.05) is 12.6 Å². The minimum Gasteiger partial charge on any atom is -0.454 e. The fourth-order valence-corrected chi connectivity index (χ4v) is 3.21. The molecule has 0 aromatic heterocycles. The smallest absolute Gasteiger partial charge is 0.239 e. The number of sulfonamides is 1. The first kappa shape index (κ1) is 19.1. The molecule has 1 N–H and O–H groups in total. The summed E-state index contributed by atoms with van der Waals surface area (Å²) in [6.07, 6.45) is 0.964. The Hall–Kier alpha value is -2.72. The predicted molar refractivity (Wildman–Crippen MR) is 92.8 cm³/mol. The van der Waals surface area contributed by atoms with Crippen LogP contribution in [-0.4, -0.2) is 38.2 Å². The van der Waals surface area contributed by atoms with E-state index >= 15 is 0 Å². The molecule has 1 aliphatic heterocycles. The lowest BCUT2D eigenvalue weighted by Gasteiger charge is -2.20. The number of fused-ring (bicyclic) bond motifs is 1. The topological polar surface area (TPSA) is 84.9 Å². The second-order valence-electron chi connectivity index (χ2n) is 5.89. The fourth-order valence-electron chi connectivity index (χ4n) is 2.47. The van der Waals surface area contributed by atoms with Crippen LogP contribution >= 0.6 is 0 Å². The van der Waals surface area contributed by atoms with E-state index in [-0.39, 0.29) is 19.0 Å². The van der Waals surface area contributed by atoms with Crippen molar-refractivity contribution in [2.24, 2.45) is 0 Å². The van der Waals surface area contributed by atoms with Gasteiger partial charge in [0.15, 0.2) is 11.5 Å². The average molecular weight is 398 g/mol. The Labute approximate surface area is 154 Å². The zero-order chi connectivity index (χ0) is 19.6. The lowest BCUT2D eigenvalue weighted by atomic mass is 10.2. The fraction of sp³-hybridized carbons (Fsp3) is 0.235. The van der Waals surface area contributed by atoms with Gasteiger partial charge < -0.3 is 14.8 Å². The summed E-state index contributed by atoms with van der Waals surface area (Å²) in [5.74, 6) is -1.46. The molecule has 0 bridgehead atoms. The van der Waals surface area contributed by atoms with Crippen LogP contribution in [0, 0.1) is 11.6 Å². The molecule has 0 unspecified atom stereocenters. The molecule has 10 heteroatoms. The number of halogens is 2. The summed E-state index contributed by atoms with van der Waals surface area (Å²) in [5, 5.41) is 2.24. The molecule has 1 heterocycles. The second-order valence-corrected chi connectivity index (χ2v) is 7.87. The van der Waals surface area contributed by atoms with E-state index in [1.54, 1.807) is 18.2 Å². The molecule has 1 aliphatic rings. The number of amides is 1. The molecule has 0 atom stereocenters. The van der Waals surface area contributed by atoms with Crippen molar-refractivity contribution in [1.29, 1.82) is 0 Å². The van der Waals surface area contributed by atoms with E-state index in [2.05, 4.69) is 5.32 Å². The van der Waals surface area contributed by atoms with Crippen LogP contribution in [-0.2, 0) is 21.4 Å². The highest BCUT2D eigenvalue weighted by Crippen LogP contribution is 2.33. The third-order valence-electron chi connectivity index (χ3n) is 3.79. The van der Waals surface area contributed by atoms with Crippen molar-refractivity contribution in [3.63, 3.8) is 0 Å². The maximum absolute atomic E-state index is 13.6. The van der Waals surface area contributed by atoms with Crippen LogP contribution in [0.25, 0.3) is 0 Å². The van der Waals surface area contributed by atoms with E-state index < -0.39 is 34.1 Å². The van der Waals surface area contributed by atoms with E-state index in [1.165, 1.54) is 0 Å². The summed E-state index contributed by atoms with van der Waals surface area (Å²) >= 11 is 0. The molecule has 2 aromatic rings. The number of ether oxygens (including phenoxy) is 2. The molecular formula is C17H16F2N2O5S. The number of hydrogen-bond donors (Lipinski definition) is 1. The van der Waals surface area contributed by atoms with Crippen molar-refractivity contribution in [3.8, 4) is 11.5 Å². The van der Waals surface area contributed by atoms with Crippen LogP contribution in [0.5, 0.6) is 11.5 Å². The number of benzene rings is 2. The van der Waals surface area contributed by atoms with Gasteiger partial charge in [-0.25, -0.2) is 17.2 Å². The first-order chi connectivity index (χ1) is 12.7. The molecule has 0 radical (unpaired) electrons. The Kier molecular flexibility index (Phi) is 5.29. The van der Waals surface area contributed by atoms with Crippen LogP contribution in [0.15, 0.2) is 36.4 Å². The van der Waals surface area contributed by atoms with Gasteiger partial charge in [0.2, 0.25) is 22.7 Å². The summed E-state index contributed by atoms with van der Waals surface area (Å²) < 4.78 is 62.0. The summed E-state index contributed by atoms with van der Waals surface area (Å²) in [7, 11) is -3.73. The number of rotatable bonds is 6. The van der Waals surface area contributed by atoms with Gasteiger partial charge in [0.25, 0.3) is 0 Å². The molecule has 0 fully saturated rings. The first-order valence-electron chi connectivity index (χ1n) is 7.81. The van der Waals surface area contributed by atoms with Gasteiger partial charge in [-0.2, -0.15) is 4.31 Å². The number of anilines is 1. The summed E-state index contributed by atoms with van der Waals surface area (Å²) in [5.41, 5.74) is 0.350. The van der Waals surface area contributed by atoms with Gasteiger partial charge in [-0.1, -0.05) is 6.07 Å². The Balaban J connectivity index is 1.72. The zero-order valence-corrected chi connectivity index (χ0v) is 15.1. The van der Waals surface area contributed by atoms with E-state index in [0.29, 0.717) is 23.1 Å². The van der Waals surface area contributed by atoms with E-state index in [9.17, 15) is 22.0 Å².